The van der Waals surface area contributed by atoms with Gasteiger partial charge >= 0.3 is 0 Å². The molecule has 2 aromatic heterocycles. The Morgan fingerprint density at radius 2 is 2.24 bits per heavy atom. The Bertz CT molecular complexity index is 686. The summed E-state index contributed by atoms with van der Waals surface area (Å²) in [5.41, 5.74) is 5.27. The number of aromatic amines is 1. The second-order valence-electron chi connectivity index (χ2n) is 5.60. The maximum atomic E-state index is 4.80. The summed E-state index contributed by atoms with van der Waals surface area (Å²) in [6, 6.07) is 8.65. The van der Waals surface area contributed by atoms with Crippen molar-refractivity contribution in [2.45, 2.75) is 31.8 Å². The highest BCUT2D eigenvalue weighted by atomic mass is 32.1. The summed E-state index contributed by atoms with van der Waals surface area (Å²) in [5, 5.41) is 2.14. The molecule has 0 radical (unpaired) electrons. The summed E-state index contributed by atoms with van der Waals surface area (Å²) in [4.78, 5) is 15.2. The van der Waals surface area contributed by atoms with Crippen molar-refractivity contribution in [3.05, 3.63) is 46.7 Å². The molecule has 4 rings (SSSR count). The number of para-hydroxylation sites is 2. The number of hydrogen-bond acceptors (Lipinski definition) is 4. The van der Waals surface area contributed by atoms with Crippen LogP contribution in [0.2, 0.25) is 0 Å². The number of piperidine rings is 1. The second kappa shape index (κ2) is 5.58. The number of nitrogens with zero attached hydrogens (tertiary/aromatic N) is 3. The Labute approximate surface area is 127 Å². The summed E-state index contributed by atoms with van der Waals surface area (Å²) >= 11 is 1.67. The van der Waals surface area contributed by atoms with Crippen LogP contribution in [0.3, 0.4) is 0 Å². The standard InChI is InChI=1S/C16H18N4S/c1-2-6-14-13(5-1)18-16(19-14)15-7-3-4-8-20(15)9-12-10-21-11-17-12/h1-2,5-6,10-11,15H,3-4,7-9H2,(H,18,19)/t15-/m1/s1. The van der Waals surface area contributed by atoms with Gasteiger partial charge in [0.05, 0.1) is 28.3 Å². The third-order valence-corrected chi connectivity index (χ3v) is 4.82. The summed E-state index contributed by atoms with van der Waals surface area (Å²) in [6.07, 6.45) is 3.71. The zero-order chi connectivity index (χ0) is 14.1. The zero-order valence-corrected chi connectivity index (χ0v) is 12.6. The van der Waals surface area contributed by atoms with Crippen molar-refractivity contribution in [2.75, 3.05) is 6.54 Å². The van der Waals surface area contributed by atoms with Gasteiger partial charge in [-0.25, -0.2) is 9.97 Å². The summed E-state index contributed by atoms with van der Waals surface area (Å²) in [5.74, 6) is 1.10. The Morgan fingerprint density at radius 1 is 1.29 bits per heavy atom. The quantitative estimate of drug-likeness (QED) is 0.801. The van der Waals surface area contributed by atoms with Gasteiger partial charge in [-0.2, -0.15) is 0 Å². The molecule has 1 N–H and O–H groups in total. The summed E-state index contributed by atoms with van der Waals surface area (Å²) < 4.78 is 0. The van der Waals surface area contributed by atoms with Gasteiger partial charge in [-0.05, 0) is 31.5 Å². The van der Waals surface area contributed by atoms with Gasteiger partial charge in [-0.3, -0.25) is 4.90 Å². The van der Waals surface area contributed by atoms with Gasteiger partial charge < -0.3 is 4.98 Å². The summed E-state index contributed by atoms with van der Waals surface area (Å²) in [6.45, 7) is 2.05. The third kappa shape index (κ3) is 2.59. The van der Waals surface area contributed by atoms with Crippen molar-refractivity contribution in [3.63, 3.8) is 0 Å². The molecule has 4 nitrogen and oxygen atoms in total. The van der Waals surface area contributed by atoms with E-state index in [2.05, 4.69) is 38.4 Å². The predicted molar refractivity (Wildman–Crippen MR) is 85.2 cm³/mol. The molecule has 1 aromatic carbocycles. The van der Waals surface area contributed by atoms with Gasteiger partial charge in [0.15, 0.2) is 0 Å². The van der Waals surface area contributed by atoms with E-state index in [9.17, 15) is 0 Å². The van der Waals surface area contributed by atoms with Gasteiger partial charge in [0.25, 0.3) is 0 Å². The molecule has 1 fully saturated rings. The number of thiazole rings is 1. The van der Waals surface area contributed by atoms with E-state index in [0.29, 0.717) is 6.04 Å². The topological polar surface area (TPSA) is 44.8 Å². The van der Waals surface area contributed by atoms with Crippen LogP contribution in [0.25, 0.3) is 11.0 Å². The van der Waals surface area contributed by atoms with E-state index >= 15 is 0 Å². The van der Waals surface area contributed by atoms with Crippen LogP contribution in [-0.2, 0) is 6.54 Å². The number of H-pyrrole nitrogens is 1. The molecule has 1 aliphatic heterocycles. The van der Waals surface area contributed by atoms with Crippen molar-refractivity contribution < 1.29 is 0 Å². The first-order valence-corrected chi connectivity index (χ1v) is 8.40. The highest BCUT2D eigenvalue weighted by Gasteiger charge is 2.26. The highest BCUT2D eigenvalue weighted by Crippen LogP contribution is 2.31. The van der Waals surface area contributed by atoms with Crippen molar-refractivity contribution in [1.82, 2.24) is 19.9 Å². The van der Waals surface area contributed by atoms with Crippen LogP contribution >= 0.6 is 11.3 Å². The predicted octanol–water partition coefficient (Wildman–Crippen LogP) is 3.75. The lowest BCUT2D eigenvalue weighted by molar-refractivity contribution is 0.133. The first-order chi connectivity index (χ1) is 10.4. The first kappa shape index (κ1) is 13.0. The number of rotatable bonds is 3. The zero-order valence-electron chi connectivity index (χ0n) is 11.8. The van der Waals surface area contributed by atoms with Gasteiger partial charge in [-0.15, -0.1) is 11.3 Å². The van der Waals surface area contributed by atoms with Crippen LogP contribution in [0.5, 0.6) is 0 Å². The second-order valence-corrected chi connectivity index (χ2v) is 6.32. The number of fused-ring (bicyclic) bond motifs is 1. The van der Waals surface area contributed by atoms with E-state index in [1.165, 1.54) is 25.0 Å². The molecule has 21 heavy (non-hydrogen) atoms. The number of imidazole rings is 1. The van der Waals surface area contributed by atoms with Crippen molar-refractivity contribution in [1.29, 1.82) is 0 Å². The smallest absolute Gasteiger partial charge is 0.124 e. The first-order valence-electron chi connectivity index (χ1n) is 7.46. The molecular formula is C16H18N4S. The Balaban J connectivity index is 1.63. The largest absolute Gasteiger partial charge is 0.341 e. The molecule has 3 aromatic rings. The van der Waals surface area contributed by atoms with E-state index in [4.69, 9.17) is 4.98 Å². The SMILES string of the molecule is c1ccc2[nH]c([C@H]3CCCCN3Cc3cscn3)nc2c1. The minimum Gasteiger partial charge on any atom is -0.341 e. The fourth-order valence-electron chi connectivity index (χ4n) is 3.14. The minimum absolute atomic E-state index is 0.382. The van der Waals surface area contributed by atoms with E-state index in [1.54, 1.807) is 11.3 Å². The lowest BCUT2D eigenvalue weighted by Crippen LogP contribution is -2.33. The lowest BCUT2D eigenvalue weighted by Gasteiger charge is -2.33. The van der Waals surface area contributed by atoms with Crippen molar-refractivity contribution in [3.8, 4) is 0 Å². The van der Waals surface area contributed by atoms with E-state index < -0.39 is 0 Å². The number of likely N-dealkylation sites (tertiary alicyclic amines) is 1. The fraction of sp³-hybridized carbons (Fsp3) is 0.375. The molecule has 0 bridgehead atoms. The molecule has 0 unspecified atom stereocenters. The fourth-order valence-corrected chi connectivity index (χ4v) is 3.69. The van der Waals surface area contributed by atoms with Crippen LogP contribution in [0.15, 0.2) is 35.2 Å². The number of benzene rings is 1. The molecule has 3 heterocycles. The molecule has 1 saturated heterocycles. The number of aromatic nitrogens is 3. The van der Waals surface area contributed by atoms with Gasteiger partial charge in [0.1, 0.15) is 5.82 Å². The molecule has 108 valence electrons. The number of nitrogens with one attached hydrogen (secondary N) is 1. The van der Waals surface area contributed by atoms with Crippen molar-refractivity contribution >= 4 is 22.4 Å². The molecule has 1 atom stereocenters. The molecule has 0 spiro atoms. The lowest BCUT2D eigenvalue weighted by atomic mass is 10.0. The van der Waals surface area contributed by atoms with Crippen LogP contribution in [-0.4, -0.2) is 26.4 Å². The minimum atomic E-state index is 0.382. The Hall–Kier alpha value is -1.72. The molecular weight excluding hydrogens is 280 g/mol. The van der Waals surface area contributed by atoms with Gasteiger partial charge in [0, 0.05) is 11.9 Å². The summed E-state index contributed by atoms with van der Waals surface area (Å²) in [7, 11) is 0. The van der Waals surface area contributed by atoms with Gasteiger partial charge in [-0.1, -0.05) is 18.6 Å². The van der Waals surface area contributed by atoms with E-state index in [1.807, 2.05) is 11.6 Å². The monoisotopic (exact) mass is 298 g/mol. The van der Waals surface area contributed by atoms with Crippen LogP contribution in [0.1, 0.15) is 36.8 Å². The van der Waals surface area contributed by atoms with Crippen LogP contribution in [0, 0.1) is 0 Å². The Kier molecular flexibility index (Phi) is 3.45. The normalized spacial score (nSPS) is 20.1. The van der Waals surface area contributed by atoms with E-state index in [0.717, 1.165) is 29.9 Å². The molecule has 5 heteroatoms. The molecule has 0 aliphatic carbocycles. The molecule has 0 saturated carbocycles. The average molecular weight is 298 g/mol. The van der Waals surface area contributed by atoms with Gasteiger partial charge in [0.2, 0.25) is 0 Å². The van der Waals surface area contributed by atoms with Crippen molar-refractivity contribution in [2.24, 2.45) is 0 Å². The molecule has 1 aliphatic rings. The molecule has 0 amide bonds. The van der Waals surface area contributed by atoms with E-state index in [-0.39, 0.29) is 0 Å². The third-order valence-electron chi connectivity index (χ3n) is 4.19. The van der Waals surface area contributed by atoms with Crippen LogP contribution < -0.4 is 0 Å². The highest BCUT2D eigenvalue weighted by molar-refractivity contribution is 7.07. The maximum absolute atomic E-state index is 4.80. The number of hydrogen-bond donors (Lipinski definition) is 1. The Morgan fingerprint density at radius 3 is 3.10 bits per heavy atom. The average Bonchev–Trinajstić information content (AvgIpc) is 3.16. The maximum Gasteiger partial charge on any atom is 0.124 e. The van der Waals surface area contributed by atoms with Crippen LogP contribution in [0.4, 0.5) is 0 Å².